The molecule has 0 saturated heterocycles. The maximum absolute atomic E-state index is 14.5. The van der Waals surface area contributed by atoms with Crippen molar-refractivity contribution in [1.29, 1.82) is 0 Å². The Kier molecular flexibility index (Phi) is 5.62. The van der Waals surface area contributed by atoms with Gasteiger partial charge in [0.1, 0.15) is 11.6 Å². The maximum atomic E-state index is 14.5. The van der Waals surface area contributed by atoms with E-state index in [9.17, 15) is 9.18 Å². The maximum Gasteiger partial charge on any atom is 0.339 e. The van der Waals surface area contributed by atoms with E-state index in [0.29, 0.717) is 5.02 Å². The predicted octanol–water partition coefficient (Wildman–Crippen LogP) is 6.76. The van der Waals surface area contributed by atoms with Crippen molar-refractivity contribution in [3.8, 4) is 5.75 Å². The summed E-state index contributed by atoms with van der Waals surface area (Å²) in [4.78, 5) is 16.0. The summed E-state index contributed by atoms with van der Waals surface area (Å²) in [7, 11) is 1.63. The van der Waals surface area contributed by atoms with Crippen molar-refractivity contribution in [3.63, 3.8) is 0 Å². The lowest BCUT2D eigenvalue weighted by atomic mass is 10.1. The summed E-state index contributed by atoms with van der Waals surface area (Å²) in [5.41, 5.74) is 3.62. The summed E-state index contributed by atoms with van der Waals surface area (Å²) in [6.07, 6.45) is 0. The second kappa shape index (κ2) is 8.20. The smallest absolute Gasteiger partial charge is 0.339 e. The van der Waals surface area contributed by atoms with Gasteiger partial charge in [-0.3, -0.25) is 4.90 Å². The average molecular weight is 443 g/mol. The van der Waals surface area contributed by atoms with Crippen LogP contribution >= 0.6 is 23.5 Å². The first-order valence-corrected chi connectivity index (χ1v) is 10.5. The molecule has 154 valence electrons. The van der Waals surface area contributed by atoms with E-state index in [2.05, 4.69) is 0 Å². The minimum atomic E-state index is -0.436. The molecule has 3 aromatic rings. The number of aryl methyl sites for hydroxylation is 2. The number of hydrogen-bond acceptors (Lipinski definition) is 3. The molecule has 0 saturated carbocycles. The minimum Gasteiger partial charge on any atom is -0.496 e. The molecular weight excluding hydrogens is 423 g/mol. The molecule has 1 aliphatic heterocycles. The summed E-state index contributed by atoms with van der Waals surface area (Å²) in [6, 6.07) is 15.7. The van der Waals surface area contributed by atoms with E-state index in [1.807, 2.05) is 50.2 Å². The molecular formula is C23H20ClFN2O2S. The Labute approximate surface area is 184 Å². The van der Waals surface area contributed by atoms with E-state index in [1.54, 1.807) is 28.4 Å². The van der Waals surface area contributed by atoms with Crippen LogP contribution in [-0.4, -0.2) is 13.1 Å². The van der Waals surface area contributed by atoms with E-state index in [1.165, 1.54) is 18.0 Å². The molecule has 0 spiro atoms. The molecule has 0 aromatic heterocycles. The molecule has 0 atom stereocenters. The molecule has 0 N–H and O–H groups in total. The van der Waals surface area contributed by atoms with Gasteiger partial charge in [0.2, 0.25) is 0 Å². The number of hydrogen-bond donors (Lipinski definition) is 0. The monoisotopic (exact) mass is 442 g/mol. The predicted molar refractivity (Wildman–Crippen MR) is 120 cm³/mol. The van der Waals surface area contributed by atoms with Crippen LogP contribution < -0.4 is 13.9 Å². The lowest BCUT2D eigenvalue weighted by molar-refractivity contribution is 0.254. The molecule has 0 unspecified atom stereocenters. The van der Waals surface area contributed by atoms with Crippen LogP contribution in [0.4, 0.5) is 20.6 Å². The van der Waals surface area contributed by atoms with E-state index in [0.717, 1.165) is 33.1 Å². The van der Waals surface area contributed by atoms with Gasteiger partial charge in [-0.15, -0.1) is 0 Å². The van der Waals surface area contributed by atoms with E-state index in [-0.39, 0.29) is 18.1 Å². The summed E-state index contributed by atoms with van der Waals surface area (Å²) in [5, 5.41) is 0.293. The van der Waals surface area contributed by atoms with Crippen LogP contribution in [0, 0.1) is 19.7 Å². The number of rotatable bonds is 4. The van der Waals surface area contributed by atoms with Crippen molar-refractivity contribution < 1.29 is 13.9 Å². The molecule has 4 nitrogen and oxygen atoms in total. The van der Waals surface area contributed by atoms with Gasteiger partial charge in [0.05, 0.1) is 29.9 Å². The number of carbonyl (C=O) groups is 1. The number of halogens is 2. The highest BCUT2D eigenvalue weighted by atomic mass is 35.5. The fourth-order valence-corrected chi connectivity index (χ4v) is 4.85. The van der Waals surface area contributed by atoms with Gasteiger partial charge in [-0.1, -0.05) is 29.8 Å². The van der Waals surface area contributed by atoms with Crippen LogP contribution in [0.3, 0.4) is 0 Å². The Morgan fingerprint density at radius 1 is 1.07 bits per heavy atom. The highest BCUT2D eigenvalue weighted by Crippen LogP contribution is 2.43. The lowest BCUT2D eigenvalue weighted by Crippen LogP contribution is -2.43. The molecule has 30 heavy (non-hydrogen) atoms. The number of ether oxygens (including phenoxy) is 1. The van der Waals surface area contributed by atoms with Gasteiger partial charge >= 0.3 is 6.03 Å². The highest BCUT2D eigenvalue weighted by Gasteiger charge is 2.33. The summed E-state index contributed by atoms with van der Waals surface area (Å²) in [6.45, 7) is 3.92. The van der Waals surface area contributed by atoms with Crippen LogP contribution in [0.25, 0.3) is 0 Å². The van der Waals surface area contributed by atoms with Crippen molar-refractivity contribution in [1.82, 2.24) is 0 Å². The van der Waals surface area contributed by atoms with Crippen LogP contribution in [-0.2, 0) is 6.54 Å². The largest absolute Gasteiger partial charge is 0.496 e. The number of para-hydroxylation sites is 1. The molecule has 0 aliphatic carbocycles. The number of benzene rings is 3. The second-order valence-electron chi connectivity index (χ2n) is 7.04. The molecule has 3 aromatic carbocycles. The first-order valence-electron chi connectivity index (χ1n) is 9.37. The highest BCUT2D eigenvalue weighted by molar-refractivity contribution is 8.01. The van der Waals surface area contributed by atoms with Gasteiger partial charge in [-0.25, -0.2) is 13.5 Å². The zero-order chi connectivity index (χ0) is 21.4. The van der Waals surface area contributed by atoms with Crippen LogP contribution in [0.5, 0.6) is 5.75 Å². The fraction of sp³-hybridized carbons (Fsp3) is 0.174. The number of fused-ring (bicyclic) bond motifs is 1. The normalized spacial score (nSPS) is 13.4. The topological polar surface area (TPSA) is 32.8 Å². The van der Waals surface area contributed by atoms with Gasteiger partial charge < -0.3 is 4.74 Å². The van der Waals surface area contributed by atoms with E-state index >= 15 is 0 Å². The summed E-state index contributed by atoms with van der Waals surface area (Å²) < 4.78 is 21.5. The van der Waals surface area contributed by atoms with Crippen molar-refractivity contribution in [2.45, 2.75) is 25.3 Å². The van der Waals surface area contributed by atoms with Crippen LogP contribution in [0.2, 0.25) is 5.02 Å². The lowest BCUT2D eigenvalue weighted by Gasteiger charge is -2.36. The van der Waals surface area contributed by atoms with Crippen molar-refractivity contribution in [3.05, 3.63) is 82.1 Å². The Morgan fingerprint density at radius 2 is 1.77 bits per heavy atom. The zero-order valence-electron chi connectivity index (χ0n) is 16.8. The van der Waals surface area contributed by atoms with Crippen molar-refractivity contribution >= 4 is 41.0 Å². The molecule has 4 rings (SSSR count). The van der Waals surface area contributed by atoms with Gasteiger partial charge in [-0.2, -0.15) is 0 Å². The molecule has 1 heterocycles. The first kappa shape index (κ1) is 20.6. The summed E-state index contributed by atoms with van der Waals surface area (Å²) in [5.74, 6) is 0.359. The van der Waals surface area contributed by atoms with Gasteiger partial charge in [-0.05, 0) is 73.3 Å². The third-order valence-corrected chi connectivity index (χ3v) is 6.46. The average Bonchev–Trinajstić information content (AvgIpc) is 2.71. The molecule has 0 bridgehead atoms. The molecule has 0 fully saturated rings. The molecule has 0 radical (unpaired) electrons. The first-order chi connectivity index (χ1) is 14.4. The number of amides is 2. The number of methoxy groups -OCH3 is 1. The van der Waals surface area contributed by atoms with Crippen LogP contribution in [0.1, 0.15) is 16.7 Å². The molecule has 7 heteroatoms. The minimum absolute atomic E-state index is 0.0343. The van der Waals surface area contributed by atoms with Gasteiger partial charge in [0.15, 0.2) is 0 Å². The van der Waals surface area contributed by atoms with E-state index < -0.39 is 5.82 Å². The SMILES string of the molecule is COc1c(C)cc(N2Sc3ccccc3N(Cc3c(F)cccc3Cl)C2=O)cc1C. The van der Waals surface area contributed by atoms with E-state index in [4.69, 9.17) is 16.3 Å². The molecule has 2 amide bonds. The Balaban J connectivity index is 1.79. The number of anilines is 2. The number of urea groups is 1. The van der Waals surface area contributed by atoms with Crippen molar-refractivity contribution in [2.75, 3.05) is 16.3 Å². The molecule has 1 aliphatic rings. The Hall–Kier alpha value is -2.70. The fourth-order valence-electron chi connectivity index (χ4n) is 3.63. The third-order valence-electron chi connectivity index (χ3n) is 5.01. The summed E-state index contributed by atoms with van der Waals surface area (Å²) >= 11 is 7.59. The Bertz CT molecular complexity index is 1090. The third kappa shape index (κ3) is 3.61. The van der Waals surface area contributed by atoms with Gasteiger partial charge in [0.25, 0.3) is 0 Å². The zero-order valence-corrected chi connectivity index (χ0v) is 18.4. The quantitative estimate of drug-likeness (QED) is 0.418. The Morgan fingerprint density at radius 3 is 2.43 bits per heavy atom. The standard InChI is InChI=1S/C23H20ClFN2O2S/c1-14-11-16(12-15(2)22(14)29-3)27-23(28)26(20-9-4-5-10-21(20)30-27)13-17-18(24)7-6-8-19(17)25/h4-12H,13H2,1-3H3. The number of carbonyl (C=O) groups excluding carboxylic acids is 1. The van der Waals surface area contributed by atoms with Gasteiger partial charge in [0, 0.05) is 10.6 Å². The number of nitrogens with zero attached hydrogens (tertiary/aromatic N) is 2. The second-order valence-corrected chi connectivity index (χ2v) is 8.43. The van der Waals surface area contributed by atoms with Crippen LogP contribution in [0.15, 0.2) is 59.5 Å². The van der Waals surface area contributed by atoms with Crippen molar-refractivity contribution in [2.24, 2.45) is 0 Å².